The first-order valence-electron chi connectivity index (χ1n) is 9.44. The Morgan fingerprint density at radius 1 is 1.30 bits per heavy atom. The highest BCUT2D eigenvalue weighted by Gasteiger charge is 2.29. The Morgan fingerprint density at radius 2 is 1.93 bits per heavy atom. The molecule has 1 amide bonds. The molecule has 1 aromatic rings. The summed E-state index contributed by atoms with van der Waals surface area (Å²) in [6.07, 6.45) is 6.23. The number of carbonyl (C=O) groups is 1. The van der Waals surface area contributed by atoms with Crippen molar-refractivity contribution in [3.8, 4) is 5.75 Å². The van der Waals surface area contributed by atoms with E-state index in [-0.39, 0.29) is 5.91 Å². The number of carbonyl (C=O) groups excluding carboxylic acids is 1. The molecule has 0 radical (unpaired) electrons. The highest BCUT2D eigenvalue weighted by molar-refractivity contribution is 7.99. The molecule has 1 saturated carbocycles. The molecule has 27 heavy (non-hydrogen) atoms. The minimum absolute atomic E-state index is 0.290. The Labute approximate surface area is 167 Å². The van der Waals surface area contributed by atoms with Crippen molar-refractivity contribution >= 4 is 33.4 Å². The molecule has 0 bridgehead atoms. The highest BCUT2D eigenvalue weighted by Crippen LogP contribution is 2.29. The van der Waals surface area contributed by atoms with Crippen LogP contribution < -0.4 is 14.4 Å². The van der Waals surface area contributed by atoms with Gasteiger partial charge in [0.1, 0.15) is 11.8 Å². The van der Waals surface area contributed by atoms with Crippen LogP contribution >= 0.6 is 11.8 Å². The molecule has 1 fully saturated rings. The molecule has 0 unspecified atom stereocenters. The van der Waals surface area contributed by atoms with E-state index in [2.05, 4.69) is 5.32 Å². The zero-order chi connectivity index (χ0) is 19.9. The number of hydrogen-bond donors (Lipinski definition) is 1. The van der Waals surface area contributed by atoms with Crippen molar-refractivity contribution in [1.29, 1.82) is 0 Å². The molecule has 1 atom stereocenters. The summed E-state index contributed by atoms with van der Waals surface area (Å²) in [5.41, 5.74) is 0.448. The van der Waals surface area contributed by atoms with E-state index in [0.717, 1.165) is 16.3 Å². The summed E-state index contributed by atoms with van der Waals surface area (Å²) in [6, 6.07) is 5.91. The van der Waals surface area contributed by atoms with E-state index in [4.69, 9.17) is 4.74 Å². The fourth-order valence-electron chi connectivity index (χ4n) is 3.27. The SMILES string of the molecule is CCOc1ccc(N([C@@H](C)C(=O)NCCSC2CCCC2)S(C)(=O)=O)cc1. The summed E-state index contributed by atoms with van der Waals surface area (Å²) in [7, 11) is -3.60. The van der Waals surface area contributed by atoms with Gasteiger partial charge in [0.25, 0.3) is 0 Å². The van der Waals surface area contributed by atoms with Crippen molar-refractivity contribution in [3.05, 3.63) is 24.3 Å². The van der Waals surface area contributed by atoms with Gasteiger partial charge in [-0.3, -0.25) is 9.10 Å². The molecule has 6 nitrogen and oxygen atoms in total. The smallest absolute Gasteiger partial charge is 0.243 e. The summed E-state index contributed by atoms with van der Waals surface area (Å²) in [4.78, 5) is 12.5. The van der Waals surface area contributed by atoms with Crippen molar-refractivity contribution in [2.75, 3.05) is 29.5 Å². The number of ether oxygens (including phenoxy) is 1. The van der Waals surface area contributed by atoms with Gasteiger partial charge < -0.3 is 10.1 Å². The number of rotatable bonds is 10. The van der Waals surface area contributed by atoms with Crippen molar-refractivity contribution in [2.45, 2.75) is 50.8 Å². The molecule has 8 heteroatoms. The standard InChI is InChI=1S/C19H30N2O4S2/c1-4-25-17-11-9-16(10-12-17)21(27(3,23)24)15(2)19(22)20-13-14-26-18-7-5-6-8-18/h9-12,15,18H,4-8,13-14H2,1-3H3,(H,20,22)/t15-/m0/s1. The molecule has 1 aliphatic rings. The van der Waals surface area contributed by atoms with Gasteiger partial charge in [-0.2, -0.15) is 11.8 Å². The summed E-state index contributed by atoms with van der Waals surface area (Å²) < 4.78 is 31.2. The van der Waals surface area contributed by atoms with Gasteiger partial charge in [-0.25, -0.2) is 8.42 Å². The van der Waals surface area contributed by atoms with Crippen LogP contribution in [-0.4, -0.2) is 50.8 Å². The Morgan fingerprint density at radius 3 is 2.48 bits per heavy atom. The van der Waals surface area contributed by atoms with Crippen LogP contribution in [0.2, 0.25) is 0 Å². The summed E-state index contributed by atoms with van der Waals surface area (Å²) in [5, 5.41) is 3.57. The Bertz CT molecular complexity index is 701. The molecular formula is C19H30N2O4S2. The van der Waals surface area contributed by atoms with Crippen molar-refractivity contribution < 1.29 is 17.9 Å². The molecule has 152 valence electrons. The minimum atomic E-state index is -3.60. The number of benzene rings is 1. The zero-order valence-electron chi connectivity index (χ0n) is 16.3. The first-order chi connectivity index (χ1) is 12.8. The summed E-state index contributed by atoms with van der Waals surface area (Å²) >= 11 is 1.89. The van der Waals surface area contributed by atoms with Crippen LogP contribution in [0.3, 0.4) is 0 Å². The average Bonchev–Trinajstić information content (AvgIpc) is 3.12. The van der Waals surface area contributed by atoms with Crippen LogP contribution in [0.4, 0.5) is 5.69 Å². The van der Waals surface area contributed by atoms with Gasteiger partial charge in [0, 0.05) is 17.5 Å². The first kappa shape index (κ1) is 21.9. The molecule has 0 heterocycles. The Balaban J connectivity index is 1.96. The van der Waals surface area contributed by atoms with Crippen molar-refractivity contribution in [2.24, 2.45) is 0 Å². The maximum absolute atomic E-state index is 12.5. The molecule has 2 rings (SSSR count). The molecule has 0 aromatic heterocycles. The van der Waals surface area contributed by atoms with Gasteiger partial charge in [-0.1, -0.05) is 12.8 Å². The second kappa shape index (κ2) is 10.2. The molecular weight excluding hydrogens is 384 g/mol. The van der Waals surface area contributed by atoms with Crippen molar-refractivity contribution in [1.82, 2.24) is 5.32 Å². The number of hydrogen-bond acceptors (Lipinski definition) is 5. The third-order valence-electron chi connectivity index (χ3n) is 4.55. The van der Waals surface area contributed by atoms with E-state index in [0.29, 0.717) is 29.8 Å². The Hall–Kier alpha value is -1.41. The summed E-state index contributed by atoms with van der Waals surface area (Å²) in [5.74, 6) is 1.22. The Kier molecular flexibility index (Phi) is 8.28. The maximum Gasteiger partial charge on any atom is 0.243 e. The molecule has 0 aliphatic heterocycles. The van der Waals surface area contributed by atoms with Crippen LogP contribution in [0.1, 0.15) is 39.5 Å². The number of sulfonamides is 1. The number of thioether (sulfide) groups is 1. The van der Waals surface area contributed by atoms with Gasteiger partial charge in [-0.15, -0.1) is 0 Å². The quantitative estimate of drug-likeness (QED) is 0.596. The second-order valence-corrected chi connectivity index (χ2v) is 10.00. The normalized spacial score (nSPS) is 16.1. The van der Waals surface area contributed by atoms with Gasteiger partial charge in [0.2, 0.25) is 15.9 Å². The molecule has 1 aliphatic carbocycles. The van der Waals surface area contributed by atoms with Crippen LogP contribution in [0.15, 0.2) is 24.3 Å². The van der Waals surface area contributed by atoms with E-state index in [9.17, 15) is 13.2 Å². The minimum Gasteiger partial charge on any atom is -0.494 e. The maximum atomic E-state index is 12.5. The number of nitrogens with one attached hydrogen (secondary N) is 1. The van der Waals surface area contributed by atoms with Crippen LogP contribution in [0.25, 0.3) is 0 Å². The van der Waals surface area contributed by atoms with E-state index in [1.807, 2.05) is 18.7 Å². The van der Waals surface area contributed by atoms with Gasteiger partial charge in [0.05, 0.1) is 18.6 Å². The van der Waals surface area contributed by atoms with Gasteiger partial charge in [0.15, 0.2) is 0 Å². The number of nitrogens with zero attached hydrogens (tertiary/aromatic N) is 1. The van der Waals surface area contributed by atoms with Crippen LogP contribution in [0.5, 0.6) is 5.75 Å². The molecule has 0 saturated heterocycles. The molecule has 1 aromatic carbocycles. The average molecular weight is 415 g/mol. The zero-order valence-corrected chi connectivity index (χ0v) is 17.9. The fraction of sp³-hybridized carbons (Fsp3) is 0.632. The van der Waals surface area contributed by atoms with Crippen molar-refractivity contribution in [3.63, 3.8) is 0 Å². The largest absolute Gasteiger partial charge is 0.494 e. The van der Waals surface area contributed by atoms with E-state index in [1.165, 1.54) is 25.7 Å². The van der Waals surface area contributed by atoms with E-state index >= 15 is 0 Å². The first-order valence-corrected chi connectivity index (χ1v) is 12.3. The predicted octanol–water partition coefficient (Wildman–Crippen LogP) is 3.03. The lowest BCUT2D eigenvalue weighted by molar-refractivity contribution is -0.121. The molecule has 1 N–H and O–H groups in total. The number of anilines is 1. The highest BCUT2D eigenvalue weighted by atomic mass is 32.2. The van der Waals surface area contributed by atoms with Crippen LogP contribution in [0, 0.1) is 0 Å². The number of amides is 1. The third-order valence-corrected chi connectivity index (χ3v) is 7.17. The molecule has 0 spiro atoms. The lowest BCUT2D eigenvalue weighted by Crippen LogP contribution is -2.48. The summed E-state index contributed by atoms with van der Waals surface area (Å²) in [6.45, 7) is 4.57. The van der Waals surface area contributed by atoms with E-state index < -0.39 is 16.1 Å². The lowest BCUT2D eigenvalue weighted by atomic mass is 10.2. The van der Waals surface area contributed by atoms with Crippen LogP contribution in [-0.2, 0) is 14.8 Å². The second-order valence-electron chi connectivity index (χ2n) is 6.73. The third kappa shape index (κ3) is 6.60. The van der Waals surface area contributed by atoms with Gasteiger partial charge in [-0.05, 0) is 51.0 Å². The van der Waals surface area contributed by atoms with E-state index in [1.54, 1.807) is 31.2 Å². The predicted molar refractivity (Wildman–Crippen MR) is 112 cm³/mol. The lowest BCUT2D eigenvalue weighted by Gasteiger charge is -2.28. The van der Waals surface area contributed by atoms with Gasteiger partial charge >= 0.3 is 0 Å². The topological polar surface area (TPSA) is 75.7 Å². The fourth-order valence-corrected chi connectivity index (χ4v) is 5.66. The monoisotopic (exact) mass is 414 g/mol.